The number of aliphatic imine (C=N–C) groups is 1. The molecule has 2 aromatic rings. The van der Waals surface area contributed by atoms with Gasteiger partial charge in [-0.15, -0.1) is 0 Å². The van der Waals surface area contributed by atoms with Crippen molar-refractivity contribution in [1.82, 2.24) is 14.7 Å². The van der Waals surface area contributed by atoms with Crippen LogP contribution in [0.25, 0.3) is 11.3 Å². The van der Waals surface area contributed by atoms with Crippen molar-refractivity contribution >= 4 is 52.5 Å². The largest absolute Gasteiger partial charge is 0.416 e. The number of halogens is 8. The van der Waals surface area contributed by atoms with Gasteiger partial charge in [-0.25, -0.2) is 9.67 Å². The lowest BCUT2D eigenvalue weighted by atomic mass is 10.1. The number of hydrogen-bond donors (Lipinski definition) is 0. The van der Waals surface area contributed by atoms with E-state index in [1.807, 2.05) is 0 Å². The molecule has 0 aliphatic heterocycles. The maximum Gasteiger partial charge on any atom is 0.416 e. The fourth-order valence-corrected chi connectivity index (χ4v) is 3.03. The lowest BCUT2D eigenvalue weighted by Crippen LogP contribution is -2.10. The molecule has 1 aromatic heterocycles. The minimum atomic E-state index is -4.74. The summed E-state index contributed by atoms with van der Waals surface area (Å²) in [4.78, 5) is 5.43. The number of alkyl halides is 6. The van der Waals surface area contributed by atoms with Gasteiger partial charge in [-0.2, -0.15) is 32.3 Å². The summed E-state index contributed by atoms with van der Waals surface area (Å²) in [7, 11) is 3.14. The van der Waals surface area contributed by atoms with Crippen LogP contribution in [0, 0.1) is 11.3 Å². The smallest absolute Gasteiger partial charge is 0.369 e. The van der Waals surface area contributed by atoms with Crippen LogP contribution in [0.5, 0.6) is 0 Å². The summed E-state index contributed by atoms with van der Waals surface area (Å²) < 4.78 is 67.3. The molecule has 0 bridgehead atoms. The van der Waals surface area contributed by atoms with Gasteiger partial charge in [-0.05, 0) is 23.7 Å². The predicted octanol–water partition coefficient (Wildman–Crippen LogP) is 6.14. The summed E-state index contributed by atoms with van der Waals surface area (Å²) in [5, 5.41) is 8.23. The third-order valence-electron chi connectivity index (χ3n) is 3.58. The summed E-state index contributed by atoms with van der Waals surface area (Å²) >= 11 is 17.0. The molecule has 0 aliphatic rings. The van der Waals surface area contributed by atoms with Gasteiger partial charge in [-0.3, -0.25) is 0 Å². The van der Waals surface area contributed by atoms with Crippen LogP contribution in [0.1, 0.15) is 16.8 Å². The molecule has 160 valence electrons. The number of allylic oxidation sites excluding steroid dienone is 1. The van der Waals surface area contributed by atoms with E-state index in [1.165, 1.54) is 11.2 Å². The van der Waals surface area contributed by atoms with Gasteiger partial charge in [0.2, 0.25) is 0 Å². The number of aromatic nitrogens is 2. The Labute approximate surface area is 182 Å². The van der Waals surface area contributed by atoms with Gasteiger partial charge < -0.3 is 4.90 Å². The van der Waals surface area contributed by atoms with Gasteiger partial charge in [0, 0.05) is 19.7 Å². The predicted molar refractivity (Wildman–Crippen MR) is 105 cm³/mol. The van der Waals surface area contributed by atoms with Crippen molar-refractivity contribution in [1.29, 1.82) is 5.26 Å². The zero-order chi connectivity index (χ0) is 23.0. The average molecular weight is 487 g/mol. The topological polar surface area (TPSA) is 57.2 Å². The van der Waals surface area contributed by atoms with E-state index in [2.05, 4.69) is 16.7 Å². The summed E-state index contributed by atoms with van der Waals surface area (Å²) in [5.41, 5.74) is -3.49. The quantitative estimate of drug-likeness (QED) is 0.221. The fourth-order valence-electron chi connectivity index (χ4n) is 2.28. The number of nitrogens with zero attached hydrogens (tertiary/aromatic N) is 5. The molecule has 0 amide bonds. The third kappa shape index (κ3) is 4.86. The van der Waals surface area contributed by atoms with Crippen molar-refractivity contribution in [3.8, 4) is 11.8 Å². The fraction of sp³-hybridized carbons (Fsp3) is 0.235. The van der Waals surface area contributed by atoms with E-state index < -0.39 is 44.0 Å². The summed E-state index contributed by atoms with van der Waals surface area (Å²) in [6.07, 6.45) is -3.55. The van der Waals surface area contributed by atoms with Crippen LogP contribution in [0.4, 0.5) is 27.8 Å². The van der Waals surface area contributed by atoms with Crippen molar-refractivity contribution in [2.24, 2.45) is 4.99 Å². The zero-order valence-corrected chi connectivity index (χ0v) is 17.5. The Hall–Kier alpha value is -2.35. The monoisotopic (exact) mass is 485 g/mol. The van der Waals surface area contributed by atoms with E-state index in [0.717, 1.165) is 4.68 Å². The second-order valence-electron chi connectivity index (χ2n) is 6.04. The Morgan fingerprint density at radius 2 is 1.77 bits per heavy atom. The Balaban J connectivity index is 2.90. The normalized spacial score (nSPS) is 12.3. The first-order chi connectivity index (χ1) is 13.7. The van der Waals surface area contributed by atoms with Crippen molar-refractivity contribution in [3.63, 3.8) is 0 Å². The Morgan fingerprint density at radius 1 is 1.23 bits per heavy atom. The van der Waals surface area contributed by atoms with E-state index in [-0.39, 0.29) is 11.5 Å². The van der Waals surface area contributed by atoms with Crippen LogP contribution in [0.2, 0.25) is 10.0 Å². The summed E-state index contributed by atoms with van der Waals surface area (Å²) in [5.74, 6) is -0.380. The molecule has 0 unspecified atom stereocenters. The first-order valence-corrected chi connectivity index (χ1v) is 8.88. The summed E-state index contributed by atoms with van der Waals surface area (Å²) in [6.45, 7) is 3.20. The van der Waals surface area contributed by atoms with Gasteiger partial charge in [0.15, 0.2) is 11.5 Å². The number of benzene rings is 1. The van der Waals surface area contributed by atoms with E-state index >= 15 is 0 Å². The first-order valence-electron chi connectivity index (χ1n) is 7.75. The molecule has 0 aliphatic carbocycles. The van der Waals surface area contributed by atoms with E-state index in [0.29, 0.717) is 12.1 Å². The number of hydrogen-bond acceptors (Lipinski definition) is 3. The van der Waals surface area contributed by atoms with Crippen LogP contribution in [-0.2, 0) is 6.18 Å². The highest BCUT2D eigenvalue weighted by Crippen LogP contribution is 2.44. The number of nitriles is 1. The van der Waals surface area contributed by atoms with Crippen LogP contribution in [0.15, 0.2) is 23.7 Å². The molecule has 0 N–H and O–H groups in total. The van der Waals surface area contributed by atoms with Crippen molar-refractivity contribution in [2.75, 3.05) is 14.1 Å². The molecule has 1 heterocycles. The van der Waals surface area contributed by atoms with E-state index in [4.69, 9.17) is 34.8 Å². The van der Waals surface area contributed by atoms with Crippen LogP contribution in [0.3, 0.4) is 0 Å². The van der Waals surface area contributed by atoms with Gasteiger partial charge in [-0.1, -0.05) is 29.8 Å². The highest BCUT2D eigenvalue weighted by atomic mass is 35.5. The maximum atomic E-state index is 13.7. The molecule has 0 radical (unpaired) electrons. The third-order valence-corrected chi connectivity index (χ3v) is 4.38. The molecule has 0 atom stereocenters. The van der Waals surface area contributed by atoms with Crippen LogP contribution < -0.4 is 0 Å². The maximum absolute atomic E-state index is 13.7. The van der Waals surface area contributed by atoms with Crippen molar-refractivity contribution in [3.05, 3.63) is 45.6 Å². The molecule has 0 fully saturated rings. The molecule has 0 saturated carbocycles. The Kier molecular flexibility index (Phi) is 6.71. The Bertz CT molecular complexity index is 1040. The average Bonchev–Trinajstić information content (AvgIpc) is 2.95. The molecule has 30 heavy (non-hydrogen) atoms. The van der Waals surface area contributed by atoms with Crippen LogP contribution in [-0.4, -0.2) is 40.5 Å². The molecule has 0 saturated heterocycles. The molecule has 2 rings (SSSR count). The molecule has 0 spiro atoms. The molecule has 13 heteroatoms. The lowest BCUT2D eigenvalue weighted by Gasteiger charge is -2.15. The molecule has 1 aromatic carbocycles. The second-order valence-corrected chi connectivity index (χ2v) is 7.33. The minimum absolute atomic E-state index is 0.300. The standard InChI is InChI=1S/C17H11Cl3F5N5/c1-8(16(20,21)22)13-12(6-26)28-30(15(13)27-7-29(2)3)14-10(18)4-9(5-11(14)19)17(23,24)25/h4-5,7H,1H2,2-3H3/b27-7-. The van der Waals surface area contributed by atoms with Gasteiger partial charge in [0.1, 0.15) is 11.8 Å². The molecular weight excluding hydrogens is 476 g/mol. The van der Waals surface area contributed by atoms with Gasteiger partial charge >= 0.3 is 11.6 Å². The van der Waals surface area contributed by atoms with E-state index in [1.54, 1.807) is 20.2 Å². The minimum Gasteiger partial charge on any atom is -0.369 e. The zero-order valence-electron chi connectivity index (χ0n) is 15.2. The number of rotatable bonds is 5. The Morgan fingerprint density at radius 3 is 2.17 bits per heavy atom. The second kappa shape index (κ2) is 8.41. The van der Waals surface area contributed by atoms with Crippen molar-refractivity contribution < 1.29 is 22.0 Å². The molecular formula is C17H11Cl3F5N5. The highest BCUT2D eigenvalue weighted by Gasteiger charge is 2.37. The van der Waals surface area contributed by atoms with Crippen LogP contribution >= 0.6 is 34.8 Å². The van der Waals surface area contributed by atoms with Gasteiger partial charge in [0.05, 0.1) is 27.5 Å². The SMILES string of the molecule is C=C(c1c(C#N)nn(-c2c(Cl)cc(C(F)(F)F)cc2Cl)c1/N=C\N(C)C)C(F)(F)Cl. The van der Waals surface area contributed by atoms with E-state index in [9.17, 15) is 27.2 Å². The highest BCUT2D eigenvalue weighted by molar-refractivity contribution is 6.38. The van der Waals surface area contributed by atoms with Crippen molar-refractivity contribution in [2.45, 2.75) is 11.6 Å². The lowest BCUT2D eigenvalue weighted by molar-refractivity contribution is -0.137. The summed E-state index contributed by atoms with van der Waals surface area (Å²) in [6, 6.07) is 2.77. The first kappa shape index (κ1) is 23.9. The van der Waals surface area contributed by atoms with Gasteiger partial charge in [0.25, 0.3) is 0 Å². The molecule has 5 nitrogen and oxygen atoms in total.